The second-order valence-electron chi connectivity index (χ2n) is 27.0. The smallest absolute Gasteiger partial charge is 0.245 e. The van der Waals surface area contributed by atoms with E-state index >= 15 is 0 Å². The first-order valence-corrected chi connectivity index (χ1v) is 35.5. The number of hydrogen-bond donors (Lipinski definition) is 23. The first kappa shape index (κ1) is 89.6. The van der Waals surface area contributed by atoms with Crippen molar-refractivity contribution in [3.05, 3.63) is 102 Å². The lowest BCUT2D eigenvalue weighted by molar-refractivity contribution is -0.137. The van der Waals surface area contributed by atoms with Gasteiger partial charge in [0.1, 0.15) is 66.2 Å². The summed E-state index contributed by atoms with van der Waals surface area (Å²) >= 11 is 0. The number of rotatable bonds is 48. The van der Waals surface area contributed by atoms with Crippen molar-refractivity contribution in [1.29, 1.82) is 5.41 Å². The second kappa shape index (κ2) is 45.0. The zero-order chi connectivity index (χ0) is 81.2. The van der Waals surface area contributed by atoms with E-state index in [1.165, 1.54) is 45.0 Å². The molecule has 0 radical (unpaired) electrons. The average Bonchev–Trinajstić information content (AvgIpc) is 1.68. The molecule has 0 aliphatic carbocycles. The largest absolute Gasteiger partial charge is 0.508 e. The number of para-hydroxylation sites is 1. The zero-order valence-corrected chi connectivity index (χ0v) is 61.5. The van der Waals surface area contributed by atoms with Gasteiger partial charge in [-0.3, -0.25) is 77.3 Å². The highest BCUT2D eigenvalue weighted by atomic mass is 16.3. The average molecular weight is 1520 g/mol. The number of nitrogens with two attached hydrogens (primary N) is 7. The third-order valence-electron chi connectivity index (χ3n) is 17.3. The first-order valence-electron chi connectivity index (χ1n) is 35.5. The maximum atomic E-state index is 14.7. The number of aromatic hydroxyl groups is 1. The van der Waals surface area contributed by atoms with Gasteiger partial charge in [0, 0.05) is 55.7 Å². The van der Waals surface area contributed by atoms with E-state index in [4.69, 9.17) is 45.5 Å². The number of fused-ring (bicyclic) bond motifs is 1. The van der Waals surface area contributed by atoms with Crippen LogP contribution in [0.3, 0.4) is 0 Å². The van der Waals surface area contributed by atoms with Gasteiger partial charge < -0.3 is 119 Å². The highest BCUT2D eigenvalue weighted by Crippen LogP contribution is 2.21. The fraction of sp³-hybridized carbons (Fsp3) is 0.493. The molecule has 109 heavy (non-hydrogen) atoms. The van der Waals surface area contributed by atoms with Gasteiger partial charge in [0.15, 0.2) is 5.96 Å². The molecule has 0 saturated carbocycles. The minimum atomic E-state index is -1.83. The number of benzene rings is 3. The molecule has 596 valence electrons. The van der Waals surface area contributed by atoms with E-state index < -0.39 is 199 Å². The van der Waals surface area contributed by atoms with Crippen molar-refractivity contribution in [3.8, 4) is 5.75 Å². The highest BCUT2D eigenvalue weighted by Gasteiger charge is 2.38. The molecule has 0 spiro atoms. The third kappa shape index (κ3) is 31.3. The van der Waals surface area contributed by atoms with Crippen molar-refractivity contribution in [3.63, 3.8) is 0 Å². The van der Waals surface area contributed by atoms with Gasteiger partial charge in [0.25, 0.3) is 0 Å². The molecule has 4 aromatic rings. The predicted octanol–water partition coefficient (Wildman–Crippen LogP) is -5.83. The fourth-order valence-electron chi connectivity index (χ4n) is 11.2. The van der Waals surface area contributed by atoms with E-state index in [2.05, 4.69) is 68.8 Å². The lowest BCUT2D eigenvalue weighted by Crippen LogP contribution is -2.62. The SMILES string of the molecule is CC(C)[C@H](NC(=O)[C@H](Cc1ccc(O)cc1)NC(=O)[C@H](CCC(N)=O)NC(=O)[C@H](Cc1c[nH]c2ccccc12)NC(=O)[C@@H](N)CCCNC(=N)N)C(=O)N[C@@H](CC(N)=O)C(=O)NCC(=O)N[C@@H](CCCCN)C(=O)N[C@@H](Cc1ccccc1)C(=O)N[C@H](C(=O)N[C@H](C(=O)N[C@@H](CCC(N)=O)C(N)=O)C(C)C)[C@@H](C)O. The molecule has 0 aliphatic heterocycles. The minimum absolute atomic E-state index is 0.0942. The Kier molecular flexibility index (Phi) is 37.0. The van der Waals surface area contributed by atoms with Crippen LogP contribution in [0.5, 0.6) is 5.75 Å². The summed E-state index contributed by atoms with van der Waals surface area (Å²) in [5.74, 6) is -16.6. The number of aromatic nitrogens is 1. The van der Waals surface area contributed by atoms with Gasteiger partial charge >= 0.3 is 0 Å². The number of phenolic OH excluding ortho intramolecular Hbond substituents is 1. The van der Waals surface area contributed by atoms with Crippen LogP contribution in [0.25, 0.3) is 10.9 Å². The van der Waals surface area contributed by atoms with E-state index in [1.807, 2.05) is 0 Å². The zero-order valence-electron chi connectivity index (χ0n) is 61.5. The molecule has 0 bridgehead atoms. The minimum Gasteiger partial charge on any atom is -0.508 e. The number of aliphatic hydroxyl groups excluding tert-OH is 1. The summed E-state index contributed by atoms with van der Waals surface area (Å²) in [4.78, 5) is 207. The molecule has 4 rings (SSSR count). The van der Waals surface area contributed by atoms with Crippen LogP contribution in [0.2, 0.25) is 0 Å². The highest BCUT2D eigenvalue weighted by molar-refractivity contribution is 6.00. The summed E-state index contributed by atoms with van der Waals surface area (Å²) in [6, 6.07) is 4.08. The van der Waals surface area contributed by atoms with Crippen LogP contribution >= 0.6 is 0 Å². The molecule has 15 amide bonds. The van der Waals surface area contributed by atoms with Crippen molar-refractivity contribution in [1.82, 2.24) is 68.8 Å². The van der Waals surface area contributed by atoms with E-state index in [-0.39, 0.29) is 76.2 Å². The summed E-state index contributed by atoms with van der Waals surface area (Å²) in [7, 11) is 0. The Labute approximate surface area is 629 Å². The molecular formula is C71H105N21O17. The number of unbranched alkanes of at least 4 members (excludes halogenated alkanes) is 1. The first-order chi connectivity index (χ1) is 51.5. The fourth-order valence-corrected chi connectivity index (χ4v) is 11.2. The van der Waals surface area contributed by atoms with Gasteiger partial charge in [-0.15, -0.1) is 0 Å². The van der Waals surface area contributed by atoms with Crippen LogP contribution in [0.1, 0.15) is 116 Å². The van der Waals surface area contributed by atoms with Gasteiger partial charge in [-0.05, 0) is 105 Å². The number of H-pyrrole nitrogens is 1. The molecule has 38 heteroatoms. The summed E-state index contributed by atoms with van der Waals surface area (Å²) < 4.78 is 0. The molecule has 12 atom stereocenters. The molecule has 38 nitrogen and oxygen atoms in total. The number of aromatic amines is 1. The Morgan fingerprint density at radius 3 is 1.44 bits per heavy atom. The van der Waals surface area contributed by atoms with Crippen molar-refractivity contribution >= 4 is 105 Å². The lowest BCUT2D eigenvalue weighted by atomic mass is 9.99. The van der Waals surface area contributed by atoms with Gasteiger partial charge in [0.2, 0.25) is 88.6 Å². The standard InChI is InChI=1S/C71H105N21O17/c1-36(2)57(90-66(105)50(31-40-20-22-42(94)23-21-40)88-64(103)48(25-27-54(75)96)85-65(104)51(32-41-34-81-45-18-10-9-16-43(41)45)86-61(100)44(73)17-13-29-80-71(78)79)69(108)89-52(33-55(76)97)62(101)82-35-56(98)83-47(19-11-12-28-72)63(102)87-49(30-39-14-7-6-8-15-39)67(106)92-59(38(5)93)70(109)91-58(37(3)4)68(107)84-46(60(77)99)24-26-53(74)95/h6-10,14-16,18,20-23,34,36-38,44,46-52,57-59,81,93-94H,11-13,17,19,24-33,35,72-73H2,1-5H3,(H2,74,95)(H2,75,96)(H2,76,97)(H2,77,99)(H,82,101)(H,83,98)(H,84,107)(H,85,104)(H,86,100)(H,87,102)(H,88,103)(H,89,108)(H,90,105)(H,91,109)(H,92,106)(H4,78,79,80)/t38-,44+,46+,47+,48+,49+,50+,51+,52+,57+,58+,59+/m1/s1. The molecule has 0 saturated heterocycles. The second-order valence-corrected chi connectivity index (χ2v) is 27.0. The number of carbonyl (C=O) groups is 15. The molecule has 3 aromatic carbocycles. The molecular weight excluding hydrogens is 1420 g/mol. The Morgan fingerprint density at radius 1 is 0.450 bits per heavy atom. The van der Waals surface area contributed by atoms with Gasteiger partial charge in [0.05, 0.1) is 25.1 Å². The number of nitrogens with one attached hydrogen (secondary N) is 14. The van der Waals surface area contributed by atoms with Crippen molar-refractivity contribution in [2.24, 2.45) is 52.0 Å². The summed E-state index contributed by atoms with van der Waals surface area (Å²) in [5, 5.41) is 59.2. The molecule has 0 aliphatic rings. The number of phenols is 1. The number of primary amides is 4. The maximum Gasteiger partial charge on any atom is 0.245 e. The maximum absolute atomic E-state index is 14.7. The van der Waals surface area contributed by atoms with Crippen LogP contribution in [-0.2, 0) is 91.2 Å². The summed E-state index contributed by atoms with van der Waals surface area (Å²) in [6.07, 6.45) is -2.14. The Hall–Kier alpha value is -11.8. The molecule has 30 N–H and O–H groups in total. The summed E-state index contributed by atoms with van der Waals surface area (Å²) in [5.41, 5.74) is 41.3. The molecule has 0 unspecified atom stereocenters. The predicted molar refractivity (Wildman–Crippen MR) is 398 cm³/mol. The number of aliphatic hydroxyl groups is 1. The van der Waals surface area contributed by atoms with E-state index in [0.717, 1.165) is 0 Å². The van der Waals surface area contributed by atoms with Gasteiger partial charge in [-0.1, -0.05) is 88.4 Å². The molecule has 0 fully saturated rings. The van der Waals surface area contributed by atoms with Crippen LogP contribution in [0.15, 0.2) is 85.1 Å². The van der Waals surface area contributed by atoms with E-state index in [1.54, 1.807) is 74.6 Å². The van der Waals surface area contributed by atoms with Crippen molar-refractivity contribution < 1.29 is 82.1 Å². The molecule has 1 aromatic heterocycles. The Balaban J connectivity index is 1.56. The van der Waals surface area contributed by atoms with Gasteiger partial charge in [-0.2, -0.15) is 0 Å². The number of carbonyl (C=O) groups excluding carboxylic acids is 15. The summed E-state index contributed by atoms with van der Waals surface area (Å²) in [6.45, 7) is 6.75. The molecule has 1 heterocycles. The normalized spacial score (nSPS) is 14.4. The van der Waals surface area contributed by atoms with Crippen molar-refractivity contribution in [2.45, 2.75) is 191 Å². The third-order valence-corrected chi connectivity index (χ3v) is 17.3. The number of hydrogen-bond acceptors (Lipinski definition) is 20. The van der Waals surface area contributed by atoms with Crippen LogP contribution in [-0.4, -0.2) is 202 Å². The van der Waals surface area contributed by atoms with Crippen LogP contribution in [0, 0.1) is 17.2 Å². The van der Waals surface area contributed by atoms with Crippen LogP contribution < -0.4 is 104 Å². The topological polar surface area (TPSA) is 663 Å². The van der Waals surface area contributed by atoms with Gasteiger partial charge in [-0.25, -0.2) is 0 Å². The van der Waals surface area contributed by atoms with E-state index in [9.17, 15) is 82.1 Å². The monoisotopic (exact) mass is 1520 g/mol. The van der Waals surface area contributed by atoms with Crippen LogP contribution in [0.4, 0.5) is 0 Å². The quantitative estimate of drug-likeness (QED) is 0.0111. The Morgan fingerprint density at radius 2 is 0.908 bits per heavy atom. The number of guanidine groups is 1. The van der Waals surface area contributed by atoms with E-state index in [0.29, 0.717) is 40.4 Å². The lowest BCUT2D eigenvalue weighted by Gasteiger charge is -2.29. The van der Waals surface area contributed by atoms with Crippen molar-refractivity contribution in [2.75, 3.05) is 19.6 Å². The number of amides is 15. The Bertz CT molecular complexity index is 3820.